The number of benzene rings is 1. The van der Waals surface area contributed by atoms with Gasteiger partial charge in [-0.3, -0.25) is 4.99 Å². The van der Waals surface area contributed by atoms with Gasteiger partial charge in [-0.15, -0.1) is 24.0 Å². The van der Waals surface area contributed by atoms with Crippen LogP contribution in [0.2, 0.25) is 0 Å². The molecule has 0 radical (unpaired) electrons. The number of ether oxygens (including phenoxy) is 2. The number of guanidine groups is 1. The van der Waals surface area contributed by atoms with Crippen LogP contribution < -0.4 is 15.0 Å². The third-order valence-corrected chi connectivity index (χ3v) is 4.41. The summed E-state index contributed by atoms with van der Waals surface area (Å²) < 4.78 is 11.0. The van der Waals surface area contributed by atoms with Crippen molar-refractivity contribution in [3.63, 3.8) is 0 Å². The van der Waals surface area contributed by atoms with E-state index in [4.69, 9.17) is 9.47 Å². The van der Waals surface area contributed by atoms with Crippen LogP contribution in [0.1, 0.15) is 20.3 Å². The molecule has 1 aliphatic heterocycles. The molecule has 7 heteroatoms. The number of nitrogens with one attached hydrogen (secondary N) is 1. The predicted octanol–water partition coefficient (Wildman–Crippen LogP) is 3.07. The summed E-state index contributed by atoms with van der Waals surface area (Å²) in [4.78, 5) is 9.15. The van der Waals surface area contributed by atoms with Crippen LogP contribution in [0.4, 0.5) is 5.69 Å². The molecule has 6 nitrogen and oxygen atoms in total. The molecular formula is C20H35IN4O2. The first-order chi connectivity index (χ1) is 12.6. The summed E-state index contributed by atoms with van der Waals surface area (Å²) in [5.74, 6) is 2.48. The van der Waals surface area contributed by atoms with Crippen LogP contribution in [0, 0.1) is 5.92 Å². The van der Waals surface area contributed by atoms with Gasteiger partial charge in [0.15, 0.2) is 5.96 Å². The number of halogens is 1. The molecule has 0 amide bonds. The van der Waals surface area contributed by atoms with Gasteiger partial charge in [-0.1, -0.05) is 19.9 Å². The van der Waals surface area contributed by atoms with E-state index >= 15 is 0 Å². The second-order valence-electron chi connectivity index (χ2n) is 6.97. The number of methoxy groups -OCH3 is 1. The average molecular weight is 490 g/mol. The quantitative estimate of drug-likeness (QED) is 0.263. The van der Waals surface area contributed by atoms with E-state index in [2.05, 4.69) is 46.1 Å². The molecule has 0 aliphatic carbocycles. The molecule has 1 heterocycles. The fraction of sp³-hybridized carbons (Fsp3) is 0.650. The number of hydrogen-bond acceptors (Lipinski definition) is 4. The molecule has 1 aliphatic rings. The molecule has 1 fully saturated rings. The second-order valence-corrected chi connectivity index (χ2v) is 6.97. The van der Waals surface area contributed by atoms with E-state index < -0.39 is 0 Å². The van der Waals surface area contributed by atoms with Crippen LogP contribution in [0.5, 0.6) is 5.75 Å². The first-order valence-electron chi connectivity index (χ1n) is 9.56. The lowest BCUT2D eigenvalue weighted by molar-refractivity contribution is 0.108. The van der Waals surface area contributed by atoms with Crippen molar-refractivity contribution in [3.05, 3.63) is 24.3 Å². The molecule has 1 aromatic rings. The molecule has 0 unspecified atom stereocenters. The van der Waals surface area contributed by atoms with Crippen molar-refractivity contribution in [2.75, 3.05) is 65.0 Å². The van der Waals surface area contributed by atoms with Gasteiger partial charge in [-0.2, -0.15) is 0 Å². The molecular weight excluding hydrogens is 455 g/mol. The SMILES string of the molecule is CN=C(NCCCOCC(C)C)N1CCN(c2cccc(OC)c2)CC1.I. The summed E-state index contributed by atoms with van der Waals surface area (Å²) in [5, 5.41) is 3.46. The van der Waals surface area contributed by atoms with Crippen LogP contribution in [0.25, 0.3) is 0 Å². The molecule has 0 spiro atoms. The van der Waals surface area contributed by atoms with Crippen molar-refractivity contribution in [1.29, 1.82) is 0 Å². The summed E-state index contributed by atoms with van der Waals surface area (Å²) in [6, 6.07) is 8.26. The minimum Gasteiger partial charge on any atom is -0.497 e. The van der Waals surface area contributed by atoms with Gasteiger partial charge in [0, 0.05) is 64.7 Å². The van der Waals surface area contributed by atoms with Crippen molar-refractivity contribution in [3.8, 4) is 5.75 Å². The van der Waals surface area contributed by atoms with E-state index in [1.54, 1.807) is 7.11 Å². The maximum atomic E-state index is 5.63. The summed E-state index contributed by atoms with van der Waals surface area (Å²) in [5.41, 5.74) is 1.22. The zero-order valence-electron chi connectivity index (χ0n) is 17.1. The Hall–Kier alpha value is -1.22. The fourth-order valence-corrected chi connectivity index (χ4v) is 3.01. The Morgan fingerprint density at radius 1 is 1.22 bits per heavy atom. The highest BCUT2D eigenvalue weighted by Crippen LogP contribution is 2.22. The van der Waals surface area contributed by atoms with Crippen LogP contribution >= 0.6 is 24.0 Å². The van der Waals surface area contributed by atoms with E-state index in [9.17, 15) is 0 Å². The molecule has 1 N–H and O–H groups in total. The highest BCUT2D eigenvalue weighted by Gasteiger charge is 2.19. The van der Waals surface area contributed by atoms with Crippen molar-refractivity contribution in [2.24, 2.45) is 10.9 Å². The van der Waals surface area contributed by atoms with Gasteiger partial charge in [0.05, 0.1) is 7.11 Å². The number of rotatable bonds is 8. The van der Waals surface area contributed by atoms with E-state index in [0.717, 1.165) is 64.1 Å². The van der Waals surface area contributed by atoms with Gasteiger partial charge < -0.3 is 24.6 Å². The third kappa shape index (κ3) is 8.13. The summed E-state index contributed by atoms with van der Waals surface area (Å²) >= 11 is 0. The van der Waals surface area contributed by atoms with Crippen molar-refractivity contribution in [2.45, 2.75) is 20.3 Å². The van der Waals surface area contributed by atoms with E-state index in [0.29, 0.717) is 5.92 Å². The van der Waals surface area contributed by atoms with Gasteiger partial charge in [0.1, 0.15) is 5.75 Å². The molecule has 0 bridgehead atoms. The maximum absolute atomic E-state index is 5.63. The van der Waals surface area contributed by atoms with Crippen molar-refractivity contribution < 1.29 is 9.47 Å². The number of aliphatic imine (C=N–C) groups is 1. The first kappa shape index (κ1) is 23.8. The number of nitrogens with zero attached hydrogens (tertiary/aromatic N) is 3. The smallest absolute Gasteiger partial charge is 0.193 e. The Balaban J connectivity index is 0.00000364. The lowest BCUT2D eigenvalue weighted by atomic mass is 10.2. The third-order valence-electron chi connectivity index (χ3n) is 4.41. The van der Waals surface area contributed by atoms with Crippen LogP contribution in [-0.2, 0) is 4.74 Å². The van der Waals surface area contributed by atoms with Crippen LogP contribution in [-0.4, -0.2) is 71.0 Å². The molecule has 0 saturated carbocycles. The van der Waals surface area contributed by atoms with Crippen molar-refractivity contribution >= 4 is 35.6 Å². The van der Waals surface area contributed by atoms with Gasteiger partial charge in [-0.25, -0.2) is 0 Å². The highest BCUT2D eigenvalue weighted by atomic mass is 127. The minimum atomic E-state index is 0. The molecule has 1 aromatic carbocycles. The average Bonchev–Trinajstić information content (AvgIpc) is 2.67. The van der Waals surface area contributed by atoms with E-state index in [-0.39, 0.29) is 24.0 Å². The minimum absolute atomic E-state index is 0. The normalized spacial score (nSPS) is 14.9. The predicted molar refractivity (Wildman–Crippen MR) is 124 cm³/mol. The Kier molecular flexibility index (Phi) is 11.5. The maximum Gasteiger partial charge on any atom is 0.193 e. The zero-order chi connectivity index (χ0) is 18.8. The molecule has 2 rings (SSSR count). The first-order valence-corrected chi connectivity index (χ1v) is 9.56. The van der Waals surface area contributed by atoms with Gasteiger partial charge in [-0.05, 0) is 24.5 Å². The lowest BCUT2D eigenvalue weighted by Gasteiger charge is -2.37. The second kappa shape index (κ2) is 13.0. The molecule has 154 valence electrons. The number of hydrogen-bond donors (Lipinski definition) is 1. The Morgan fingerprint density at radius 2 is 1.96 bits per heavy atom. The van der Waals surface area contributed by atoms with Crippen LogP contribution in [0.3, 0.4) is 0 Å². The molecule has 1 saturated heterocycles. The summed E-state index contributed by atoms with van der Waals surface area (Å²) in [6.07, 6.45) is 0.996. The Morgan fingerprint density at radius 3 is 2.59 bits per heavy atom. The molecule has 0 aromatic heterocycles. The van der Waals surface area contributed by atoms with Gasteiger partial charge in [0.2, 0.25) is 0 Å². The standard InChI is InChI=1S/C20H34N4O2.HI/c1-17(2)16-26-14-6-9-22-20(21-3)24-12-10-23(11-13-24)18-7-5-8-19(15-18)25-4;/h5,7-8,15,17H,6,9-14,16H2,1-4H3,(H,21,22);1H. The Labute approximate surface area is 181 Å². The van der Waals surface area contributed by atoms with E-state index in [1.807, 2.05) is 19.2 Å². The van der Waals surface area contributed by atoms with Gasteiger partial charge in [0.25, 0.3) is 0 Å². The monoisotopic (exact) mass is 490 g/mol. The summed E-state index contributed by atoms with van der Waals surface area (Å²) in [6.45, 7) is 10.7. The zero-order valence-corrected chi connectivity index (χ0v) is 19.4. The molecule has 27 heavy (non-hydrogen) atoms. The lowest BCUT2D eigenvalue weighted by Crippen LogP contribution is -2.52. The number of piperazine rings is 1. The van der Waals surface area contributed by atoms with Crippen molar-refractivity contribution in [1.82, 2.24) is 10.2 Å². The fourth-order valence-electron chi connectivity index (χ4n) is 3.01. The largest absolute Gasteiger partial charge is 0.497 e. The van der Waals surface area contributed by atoms with Crippen LogP contribution in [0.15, 0.2) is 29.3 Å². The molecule has 0 atom stereocenters. The topological polar surface area (TPSA) is 49.3 Å². The Bertz CT molecular complexity index is 561. The summed E-state index contributed by atoms with van der Waals surface area (Å²) in [7, 11) is 3.56. The number of anilines is 1. The van der Waals surface area contributed by atoms with E-state index in [1.165, 1.54) is 5.69 Å². The van der Waals surface area contributed by atoms with Gasteiger partial charge >= 0.3 is 0 Å². The highest BCUT2D eigenvalue weighted by molar-refractivity contribution is 14.0.